The second-order valence-electron chi connectivity index (χ2n) is 5.01. The molecule has 2 heterocycles. The van der Waals surface area contributed by atoms with Gasteiger partial charge >= 0.3 is 0 Å². The summed E-state index contributed by atoms with van der Waals surface area (Å²) in [5, 5.41) is 3.06. The molecule has 1 amide bonds. The highest BCUT2D eigenvalue weighted by Gasteiger charge is 2.25. The number of hydrogen-bond acceptors (Lipinski definition) is 4. The first-order valence-corrected chi connectivity index (χ1v) is 7.24. The number of pyridine rings is 1. The molecule has 2 aromatic rings. The summed E-state index contributed by atoms with van der Waals surface area (Å²) >= 11 is 0. The van der Waals surface area contributed by atoms with Crippen LogP contribution in [0.5, 0.6) is 5.88 Å². The van der Waals surface area contributed by atoms with E-state index < -0.39 is 0 Å². The van der Waals surface area contributed by atoms with Crippen molar-refractivity contribution in [3.05, 3.63) is 47.5 Å². The quantitative estimate of drug-likeness (QED) is 0.938. The summed E-state index contributed by atoms with van der Waals surface area (Å²) in [7, 11) is 0. The van der Waals surface area contributed by atoms with Gasteiger partial charge in [0.25, 0.3) is 5.91 Å². The van der Waals surface area contributed by atoms with Crippen molar-refractivity contribution < 1.29 is 13.9 Å². The molecule has 0 fully saturated rings. The highest BCUT2D eigenvalue weighted by atomic mass is 16.5. The van der Waals surface area contributed by atoms with Crippen molar-refractivity contribution in [3.8, 4) is 5.88 Å². The summed E-state index contributed by atoms with van der Waals surface area (Å²) < 4.78 is 10.9. The molecule has 5 heteroatoms. The molecule has 3 rings (SSSR count). The molecule has 0 aromatic carbocycles. The molecule has 5 nitrogen and oxygen atoms in total. The van der Waals surface area contributed by atoms with E-state index in [9.17, 15) is 4.79 Å². The third-order valence-corrected chi connectivity index (χ3v) is 3.65. The summed E-state index contributed by atoms with van der Waals surface area (Å²) in [6.07, 6.45) is 6.17. The van der Waals surface area contributed by atoms with Crippen LogP contribution in [0.4, 0.5) is 0 Å². The lowest BCUT2D eigenvalue weighted by molar-refractivity contribution is 0.0927. The summed E-state index contributed by atoms with van der Waals surface area (Å²) in [6, 6.07) is 5.40. The molecule has 0 saturated carbocycles. The van der Waals surface area contributed by atoms with Crippen molar-refractivity contribution in [2.24, 2.45) is 0 Å². The lowest BCUT2D eigenvalue weighted by Gasteiger charge is -2.23. The van der Waals surface area contributed by atoms with Gasteiger partial charge in [0.1, 0.15) is 11.3 Å². The Bertz CT molecular complexity index is 636. The molecule has 0 spiro atoms. The standard InChI is InChI=1S/C16H18N2O3/c1-2-20-16-12(5-4-9-17-16)15(19)18-13-6-3-7-14-11(13)8-10-21-14/h4-5,8-10,13H,2-3,6-7H2,1H3,(H,18,19)/t13-/m1/s1. The van der Waals surface area contributed by atoms with E-state index in [1.807, 2.05) is 13.0 Å². The predicted molar refractivity (Wildman–Crippen MR) is 77.3 cm³/mol. The van der Waals surface area contributed by atoms with Crippen LogP contribution in [0.25, 0.3) is 0 Å². The van der Waals surface area contributed by atoms with Crippen molar-refractivity contribution >= 4 is 5.91 Å². The van der Waals surface area contributed by atoms with E-state index in [-0.39, 0.29) is 11.9 Å². The molecule has 21 heavy (non-hydrogen) atoms. The third kappa shape index (κ3) is 2.77. The maximum Gasteiger partial charge on any atom is 0.257 e. The van der Waals surface area contributed by atoms with E-state index in [4.69, 9.17) is 9.15 Å². The van der Waals surface area contributed by atoms with Gasteiger partial charge in [-0.05, 0) is 38.0 Å². The Hall–Kier alpha value is -2.30. The fraction of sp³-hybridized carbons (Fsp3) is 0.375. The number of carbonyl (C=O) groups is 1. The number of ether oxygens (including phenoxy) is 1. The minimum absolute atomic E-state index is 0.00492. The van der Waals surface area contributed by atoms with Crippen molar-refractivity contribution in [3.63, 3.8) is 0 Å². The molecule has 0 aliphatic heterocycles. The Morgan fingerprint density at radius 2 is 2.43 bits per heavy atom. The molecule has 1 N–H and O–H groups in total. The number of carbonyl (C=O) groups excluding carboxylic acids is 1. The molecule has 0 unspecified atom stereocenters. The lowest BCUT2D eigenvalue weighted by atomic mass is 9.93. The van der Waals surface area contributed by atoms with Crippen molar-refractivity contribution in [1.29, 1.82) is 0 Å². The van der Waals surface area contributed by atoms with Crippen LogP contribution < -0.4 is 10.1 Å². The maximum atomic E-state index is 12.5. The highest BCUT2D eigenvalue weighted by molar-refractivity contribution is 5.96. The minimum Gasteiger partial charge on any atom is -0.477 e. The first-order valence-electron chi connectivity index (χ1n) is 7.24. The first-order chi connectivity index (χ1) is 10.3. The molecule has 1 atom stereocenters. The molecular formula is C16H18N2O3. The monoisotopic (exact) mass is 286 g/mol. The van der Waals surface area contributed by atoms with Gasteiger partial charge in [-0.15, -0.1) is 0 Å². The second-order valence-corrected chi connectivity index (χ2v) is 5.01. The average Bonchev–Trinajstić information content (AvgIpc) is 2.98. The van der Waals surface area contributed by atoms with Gasteiger partial charge in [0, 0.05) is 18.2 Å². The third-order valence-electron chi connectivity index (χ3n) is 3.65. The van der Waals surface area contributed by atoms with Crippen molar-refractivity contribution in [2.45, 2.75) is 32.2 Å². The van der Waals surface area contributed by atoms with E-state index in [2.05, 4.69) is 10.3 Å². The van der Waals surface area contributed by atoms with Gasteiger partial charge in [-0.3, -0.25) is 4.79 Å². The highest BCUT2D eigenvalue weighted by Crippen LogP contribution is 2.31. The Balaban J connectivity index is 1.79. The van der Waals surface area contributed by atoms with Gasteiger partial charge in [-0.25, -0.2) is 4.98 Å². The minimum atomic E-state index is -0.161. The van der Waals surface area contributed by atoms with Crippen molar-refractivity contribution in [2.75, 3.05) is 6.61 Å². The van der Waals surface area contributed by atoms with Gasteiger partial charge in [0.2, 0.25) is 5.88 Å². The van der Waals surface area contributed by atoms with Crippen LogP contribution >= 0.6 is 0 Å². The molecule has 110 valence electrons. The number of fused-ring (bicyclic) bond motifs is 1. The Labute approximate surface area is 123 Å². The number of nitrogens with one attached hydrogen (secondary N) is 1. The molecule has 1 aliphatic carbocycles. The fourth-order valence-corrected chi connectivity index (χ4v) is 2.69. The summed E-state index contributed by atoms with van der Waals surface area (Å²) in [4.78, 5) is 16.6. The van der Waals surface area contributed by atoms with Crippen LogP contribution in [0.2, 0.25) is 0 Å². The zero-order valence-electron chi connectivity index (χ0n) is 12.0. The van der Waals surface area contributed by atoms with Crippen LogP contribution in [-0.4, -0.2) is 17.5 Å². The van der Waals surface area contributed by atoms with E-state index in [0.29, 0.717) is 18.1 Å². The number of aromatic nitrogens is 1. The molecule has 0 bridgehead atoms. The summed E-state index contributed by atoms with van der Waals surface area (Å²) in [6.45, 7) is 2.35. The van der Waals surface area contributed by atoms with E-state index in [0.717, 1.165) is 30.6 Å². The van der Waals surface area contributed by atoms with Crippen LogP contribution in [0.1, 0.15) is 47.5 Å². The number of nitrogens with zero attached hydrogens (tertiary/aromatic N) is 1. The molecule has 0 saturated heterocycles. The van der Waals surface area contributed by atoms with E-state index >= 15 is 0 Å². The number of hydrogen-bond donors (Lipinski definition) is 1. The predicted octanol–water partition coefficient (Wildman–Crippen LogP) is 2.88. The summed E-state index contributed by atoms with van der Waals surface area (Å²) in [5.74, 6) is 1.19. The Kier molecular flexibility index (Phi) is 3.90. The zero-order chi connectivity index (χ0) is 14.7. The van der Waals surface area contributed by atoms with Gasteiger partial charge in [0.15, 0.2) is 0 Å². The van der Waals surface area contributed by atoms with Gasteiger partial charge in [-0.2, -0.15) is 0 Å². The van der Waals surface area contributed by atoms with E-state index in [1.165, 1.54) is 0 Å². The number of aryl methyl sites for hydroxylation is 1. The molecule has 1 aliphatic rings. The normalized spacial score (nSPS) is 17.1. The fourth-order valence-electron chi connectivity index (χ4n) is 2.69. The first kappa shape index (κ1) is 13.7. The Morgan fingerprint density at radius 3 is 3.29 bits per heavy atom. The van der Waals surface area contributed by atoms with Gasteiger partial charge in [0.05, 0.1) is 18.9 Å². The van der Waals surface area contributed by atoms with Crippen LogP contribution in [0.3, 0.4) is 0 Å². The van der Waals surface area contributed by atoms with E-state index in [1.54, 1.807) is 24.6 Å². The molecular weight excluding hydrogens is 268 g/mol. The van der Waals surface area contributed by atoms with Crippen LogP contribution in [0, 0.1) is 0 Å². The van der Waals surface area contributed by atoms with Crippen molar-refractivity contribution in [1.82, 2.24) is 10.3 Å². The SMILES string of the molecule is CCOc1ncccc1C(=O)N[C@@H]1CCCc2occc21. The number of rotatable bonds is 4. The molecule has 2 aromatic heterocycles. The maximum absolute atomic E-state index is 12.5. The van der Waals surface area contributed by atoms with Crippen LogP contribution in [0.15, 0.2) is 35.1 Å². The van der Waals surface area contributed by atoms with Gasteiger partial charge < -0.3 is 14.5 Å². The zero-order valence-corrected chi connectivity index (χ0v) is 12.0. The second kappa shape index (κ2) is 5.99. The lowest BCUT2D eigenvalue weighted by Crippen LogP contribution is -2.30. The average molecular weight is 286 g/mol. The smallest absolute Gasteiger partial charge is 0.257 e. The largest absolute Gasteiger partial charge is 0.477 e. The molecule has 0 radical (unpaired) electrons. The number of furan rings is 1. The topological polar surface area (TPSA) is 64.4 Å². The summed E-state index contributed by atoms with van der Waals surface area (Å²) in [5.41, 5.74) is 1.55. The Morgan fingerprint density at radius 1 is 1.52 bits per heavy atom. The van der Waals surface area contributed by atoms with Gasteiger partial charge in [-0.1, -0.05) is 0 Å². The van der Waals surface area contributed by atoms with Crippen LogP contribution in [-0.2, 0) is 6.42 Å². The number of amides is 1.